The fraction of sp³-hybridized carbons (Fsp3) is 0.294. The number of carbonyl (C=O) groups excluding carboxylic acids is 1. The summed E-state index contributed by atoms with van der Waals surface area (Å²) in [6.07, 6.45) is 3.70. The van der Waals surface area contributed by atoms with Gasteiger partial charge in [0.25, 0.3) is 0 Å². The molecule has 0 spiro atoms. The Kier molecular flexibility index (Phi) is 3.49. The van der Waals surface area contributed by atoms with Crippen LogP contribution in [0.3, 0.4) is 0 Å². The second-order valence-electron chi connectivity index (χ2n) is 5.27. The van der Waals surface area contributed by atoms with E-state index in [0.717, 1.165) is 30.8 Å². The zero-order valence-electron chi connectivity index (χ0n) is 11.9. The van der Waals surface area contributed by atoms with Gasteiger partial charge in [-0.1, -0.05) is 0 Å². The van der Waals surface area contributed by atoms with Gasteiger partial charge in [-0.15, -0.1) is 0 Å². The predicted molar refractivity (Wildman–Crippen MR) is 79.2 cm³/mol. The quantitative estimate of drug-likeness (QED) is 0.804. The molecule has 3 rings (SSSR count). The maximum absolute atomic E-state index is 11.6. The Labute approximate surface area is 123 Å². The van der Waals surface area contributed by atoms with Crippen LogP contribution in [0.5, 0.6) is 0 Å². The van der Waals surface area contributed by atoms with Crippen molar-refractivity contribution < 1.29 is 9.21 Å². The molecule has 4 heteroatoms. The van der Waals surface area contributed by atoms with E-state index in [2.05, 4.69) is 11.0 Å². The van der Waals surface area contributed by atoms with E-state index in [0.29, 0.717) is 11.1 Å². The molecular formula is C17H16N2O2. The first-order valence-corrected chi connectivity index (χ1v) is 7.06. The number of furan rings is 1. The van der Waals surface area contributed by atoms with Crippen molar-refractivity contribution in [2.45, 2.75) is 25.8 Å². The Morgan fingerprint density at radius 3 is 2.95 bits per heavy atom. The lowest BCUT2D eigenvalue weighted by Gasteiger charge is -2.26. The standard InChI is InChI=1S/C17H16N2O2/c1-12(20)13-6-7-14(11-18)16(10-13)19-8-2-4-15(19)17-5-3-9-21-17/h3,5-7,9-10,15H,2,4,8H2,1H3. The van der Waals surface area contributed by atoms with Gasteiger partial charge in [0.1, 0.15) is 11.8 Å². The molecule has 1 aliphatic rings. The molecule has 2 aromatic rings. The molecule has 106 valence electrons. The Bertz CT molecular complexity index is 698. The van der Waals surface area contributed by atoms with Crippen molar-refractivity contribution >= 4 is 11.5 Å². The molecular weight excluding hydrogens is 264 g/mol. The molecule has 0 aliphatic carbocycles. The summed E-state index contributed by atoms with van der Waals surface area (Å²) in [5, 5.41) is 9.34. The van der Waals surface area contributed by atoms with Crippen molar-refractivity contribution in [1.82, 2.24) is 0 Å². The molecule has 2 heterocycles. The molecule has 1 aliphatic heterocycles. The van der Waals surface area contributed by atoms with E-state index in [-0.39, 0.29) is 11.8 Å². The Morgan fingerprint density at radius 2 is 2.29 bits per heavy atom. The summed E-state index contributed by atoms with van der Waals surface area (Å²) in [6.45, 7) is 2.40. The summed E-state index contributed by atoms with van der Waals surface area (Å²) in [5.74, 6) is 0.916. The number of hydrogen-bond acceptors (Lipinski definition) is 4. The van der Waals surface area contributed by atoms with Crippen LogP contribution in [0.25, 0.3) is 0 Å². The van der Waals surface area contributed by atoms with Gasteiger partial charge in [-0.2, -0.15) is 5.26 Å². The highest BCUT2D eigenvalue weighted by Crippen LogP contribution is 2.38. The van der Waals surface area contributed by atoms with Crippen LogP contribution in [0.15, 0.2) is 41.0 Å². The average Bonchev–Trinajstić information content (AvgIpc) is 3.16. The van der Waals surface area contributed by atoms with Crippen molar-refractivity contribution in [1.29, 1.82) is 5.26 Å². The second kappa shape index (κ2) is 5.45. The van der Waals surface area contributed by atoms with Gasteiger partial charge in [0.2, 0.25) is 0 Å². The molecule has 1 aromatic heterocycles. The Hall–Kier alpha value is -2.54. The van der Waals surface area contributed by atoms with Crippen LogP contribution in [0, 0.1) is 11.3 Å². The molecule has 1 aromatic carbocycles. The zero-order chi connectivity index (χ0) is 14.8. The Morgan fingerprint density at radius 1 is 1.43 bits per heavy atom. The first kappa shape index (κ1) is 13.4. The van der Waals surface area contributed by atoms with Gasteiger partial charge in [-0.25, -0.2) is 0 Å². The molecule has 1 fully saturated rings. The minimum atomic E-state index is 0.00878. The number of ketones is 1. The molecule has 1 atom stereocenters. The third kappa shape index (κ3) is 2.43. The van der Waals surface area contributed by atoms with Crippen LogP contribution in [0.1, 0.15) is 47.5 Å². The summed E-state index contributed by atoms with van der Waals surface area (Å²) >= 11 is 0. The maximum Gasteiger partial charge on any atom is 0.159 e. The summed E-state index contributed by atoms with van der Waals surface area (Å²) in [4.78, 5) is 13.8. The van der Waals surface area contributed by atoms with Crippen LogP contribution in [-0.4, -0.2) is 12.3 Å². The number of carbonyl (C=O) groups is 1. The van der Waals surface area contributed by atoms with Gasteiger partial charge in [0.05, 0.1) is 23.6 Å². The second-order valence-corrected chi connectivity index (χ2v) is 5.27. The average molecular weight is 280 g/mol. The van der Waals surface area contributed by atoms with Gasteiger partial charge in [-0.05, 0) is 50.1 Å². The molecule has 1 unspecified atom stereocenters. The van der Waals surface area contributed by atoms with Crippen LogP contribution in [0.2, 0.25) is 0 Å². The van der Waals surface area contributed by atoms with Crippen molar-refractivity contribution in [2.24, 2.45) is 0 Å². The maximum atomic E-state index is 11.6. The van der Waals surface area contributed by atoms with Crippen molar-refractivity contribution in [2.75, 3.05) is 11.4 Å². The largest absolute Gasteiger partial charge is 0.467 e. The van der Waals surface area contributed by atoms with Crippen LogP contribution >= 0.6 is 0 Å². The normalized spacial score (nSPS) is 17.7. The van der Waals surface area contributed by atoms with Crippen LogP contribution in [-0.2, 0) is 0 Å². The molecule has 4 nitrogen and oxygen atoms in total. The first-order chi connectivity index (χ1) is 10.2. The van der Waals surface area contributed by atoms with Crippen LogP contribution in [0.4, 0.5) is 5.69 Å². The molecule has 0 radical (unpaired) electrons. The molecule has 0 amide bonds. The SMILES string of the molecule is CC(=O)c1ccc(C#N)c(N2CCCC2c2ccco2)c1. The minimum Gasteiger partial charge on any atom is -0.467 e. The van der Waals surface area contributed by atoms with E-state index < -0.39 is 0 Å². The van der Waals surface area contributed by atoms with E-state index in [1.807, 2.05) is 18.2 Å². The number of benzene rings is 1. The third-order valence-corrected chi connectivity index (χ3v) is 3.96. The van der Waals surface area contributed by atoms with E-state index in [1.54, 1.807) is 25.3 Å². The van der Waals surface area contributed by atoms with Gasteiger partial charge in [0.15, 0.2) is 5.78 Å². The van der Waals surface area contributed by atoms with E-state index in [9.17, 15) is 10.1 Å². The van der Waals surface area contributed by atoms with Crippen LogP contribution < -0.4 is 4.90 Å². The molecule has 1 saturated heterocycles. The highest BCUT2D eigenvalue weighted by Gasteiger charge is 2.30. The number of hydrogen-bond donors (Lipinski definition) is 0. The number of nitriles is 1. The number of rotatable bonds is 3. The molecule has 0 N–H and O–H groups in total. The highest BCUT2D eigenvalue weighted by molar-refractivity contribution is 5.95. The van der Waals surface area contributed by atoms with Gasteiger partial charge in [0, 0.05) is 12.1 Å². The fourth-order valence-corrected chi connectivity index (χ4v) is 2.91. The first-order valence-electron chi connectivity index (χ1n) is 7.06. The highest BCUT2D eigenvalue weighted by atomic mass is 16.3. The van der Waals surface area contributed by atoms with E-state index >= 15 is 0 Å². The van der Waals surface area contributed by atoms with Gasteiger partial charge >= 0.3 is 0 Å². The fourth-order valence-electron chi connectivity index (χ4n) is 2.91. The lowest BCUT2D eigenvalue weighted by atomic mass is 10.0. The minimum absolute atomic E-state index is 0.00878. The lowest BCUT2D eigenvalue weighted by molar-refractivity contribution is 0.101. The lowest BCUT2D eigenvalue weighted by Crippen LogP contribution is -2.23. The van der Waals surface area contributed by atoms with Gasteiger partial charge < -0.3 is 9.32 Å². The van der Waals surface area contributed by atoms with Gasteiger partial charge in [-0.3, -0.25) is 4.79 Å². The van der Waals surface area contributed by atoms with E-state index in [1.165, 1.54) is 0 Å². The van der Waals surface area contributed by atoms with Crippen molar-refractivity contribution in [3.63, 3.8) is 0 Å². The summed E-state index contributed by atoms with van der Waals surface area (Å²) < 4.78 is 5.53. The van der Waals surface area contributed by atoms with Crippen molar-refractivity contribution in [3.05, 3.63) is 53.5 Å². The summed E-state index contributed by atoms with van der Waals surface area (Å²) in [7, 11) is 0. The number of nitrogens with zero attached hydrogens (tertiary/aromatic N) is 2. The number of Topliss-reactive ketones (excluding diaryl/α,β-unsaturated/α-hetero) is 1. The molecule has 0 saturated carbocycles. The monoisotopic (exact) mass is 280 g/mol. The predicted octanol–water partition coefficient (Wildman–Crippen LogP) is 3.70. The topological polar surface area (TPSA) is 57.2 Å². The number of anilines is 1. The smallest absolute Gasteiger partial charge is 0.159 e. The van der Waals surface area contributed by atoms with E-state index in [4.69, 9.17) is 4.42 Å². The van der Waals surface area contributed by atoms with Crippen molar-refractivity contribution in [3.8, 4) is 6.07 Å². The third-order valence-electron chi connectivity index (χ3n) is 3.96. The Balaban J connectivity index is 2.04. The summed E-state index contributed by atoms with van der Waals surface area (Å²) in [5.41, 5.74) is 2.05. The summed E-state index contributed by atoms with van der Waals surface area (Å²) in [6, 6.07) is 11.5. The molecule has 0 bridgehead atoms. The zero-order valence-corrected chi connectivity index (χ0v) is 11.9. The molecule has 21 heavy (non-hydrogen) atoms.